The molecule has 0 bridgehead atoms. The number of rotatable bonds is 6. The van der Waals surface area contributed by atoms with Gasteiger partial charge in [-0.05, 0) is 25.3 Å². The van der Waals surface area contributed by atoms with Crippen molar-refractivity contribution in [2.24, 2.45) is 5.92 Å². The maximum absolute atomic E-state index is 11.9. The summed E-state index contributed by atoms with van der Waals surface area (Å²) >= 11 is 0. The summed E-state index contributed by atoms with van der Waals surface area (Å²) in [6.45, 7) is 1.75. The molecule has 0 aliphatic heterocycles. The first-order valence-corrected chi connectivity index (χ1v) is 6.47. The number of allylic oxidation sites excluding steroid dienone is 1. The molecule has 20 heavy (non-hydrogen) atoms. The molecule has 0 aliphatic rings. The van der Waals surface area contributed by atoms with Gasteiger partial charge in [-0.3, -0.25) is 4.79 Å². The fourth-order valence-electron chi connectivity index (χ4n) is 2.02. The fraction of sp³-hybridized carbons (Fsp3) is 0.375. The molecule has 0 aromatic heterocycles. The first-order chi connectivity index (χ1) is 9.62. The van der Waals surface area contributed by atoms with Crippen LogP contribution in [0.25, 0.3) is 0 Å². The second-order valence-corrected chi connectivity index (χ2v) is 4.42. The summed E-state index contributed by atoms with van der Waals surface area (Å²) in [4.78, 5) is 23.5. The summed E-state index contributed by atoms with van der Waals surface area (Å²) in [6, 6.07) is 9.65. The van der Waals surface area contributed by atoms with E-state index in [1.165, 1.54) is 14.2 Å². The molecular weight excluding hydrogens is 256 g/mol. The molecule has 0 amide bonds. The number of hydrogen-bond donors (Lipinski definition) is 0. The van der Waals surface area contributed by atoms with E-state index in [4.69, 9.17) is 9.47 Å². The minimum Gasteiger partial charge on any atom is -0.469 e. The minimum atomic E-state index is -0.408. The Labute approximate surface area is 119 Å². The van der Waals surface area contributed by atoms with E-state index >= 15 is 0 Å². The lowest BCUT2D eigenvalue weighted by Crippen LogP contribution is -2.21. The molecule has 0 radical (unpaired) electrons. The number of hydrogen-bond acceptors (Lipinski definition) is 4. The van der Waals surface area contributed by atoms with Crippen LogP contribution < -0.4 is 0 Å². The number of methoxy groups -OCH3 is 2. The lowest BCUT2D eigenvalue weighted by atomic mass is 9.92. The smallest absolute Gasteiger partial charge is 0.333 e. The van der Waals surface area contributed by atoms with Crippen molar-refractivity contribution in [2.45, 2.75) is 19.8 Å². The van der Waals surface area contributed by atoms with Gasteiger partial charge in [0, 0.05) is 5.57 Å². The maximum atomic E-state index is 11.9. The zero-order valence-corrected chi connectivity index (χ0v) is 12.1. The average Bonchev–Trinajstić information content (AvgIpc) is 2.50. The van der Waals surface area contributed by atoms with Gasteiger partial charge in [-0.25, -0.2) is 4.79 Å². The zero-order chi connectivity index (χ0) is 15.0. The van der Waals surface area contributed by atoms with E-state index in [1.807, 2.05) is 30.3 Å². The third-order valence-corrected chi connectivity index (χ3v) is 3.12. The van der Waals surface area contributed by atoms with Crippen molar-refractivity contribution in [3.8, 4) is 0 Å². The van der Waals surface area contributed by atoms with E-state index in [0.29, 0.717) is 18.4 Å². The standard InChI is InChI=1S/C16H20O4/c1-4-13(15(17)19-2)11-14(16(18)20-3)10-12-8-6-5-7-9-12/h4-9,14H,10-11H2,1-3H3/b13-4-/t14-/m0/s1. The second-order valence-electron chi connectivity index (χ2n) is 4.42. The van der Waals surface area contributed by atoms with Crippen LogP contribution in [-0.2, 0) is 25.5 Å². The fourth-order valence-corrected chi connectivity index (χ4v) is 2.02. The highest BCUT2D eigenvalue weighted by Crippen LogP contribution is 2.19. The van der Waals surface area contributed by atoms with Gasteiger partial charge >= 0.3 is 11.9 Å². The Kier molecular flexibility index (Phi) is 6.50. The quantitative estimate of drug-likeness (QED) is 0.592. The van der Waals surface area contributed by atoms with Gasteiger partial charge in [0.05, 0.1) is 20.1 Å². The molecular formula is C16H20O4. The van der Waals surface area contributed by atoms with E-state index in [0.717, 1.165) is 5.56 Å². The normalized spacial score (nSPS) is 12.7. The van der Waals surface area contributed by atoms with Gasteiger partial charge in [0.25, 0.3) is 0 Å². The zero-order valence-electron chi connectivity index (χ0n) is 12.1. The van der Waals surface area contributed by atoms with Crippen LogP contribution in [0.4, 0.5) is 0 Å². The largest absolute Gasteiger partial charge is 0.469 e. The molecule has 108 valence electrons. The molecule has 1 rings (SSSR count). The van der Waals surface area contributed by atoms with Crippen LogP contribution in [0.2, 0.25) is 0 Å². The Balaban J connectivity index is 2.85. The van der Waals surface area contributed by atoms with Crippen LogP contribution in [-0.4, -0.2) is 26.2 Å². The monoisotopic (exact) mass is 276 g/mol. The lowest BCUT2D eigenvalue weighted by Gasteiger charge is -2.15. The first kappa shape index (κ1) is 16.0. The van der Waals surface area contributed by atoms with Gasteiger partial charge in [0.1, 0.15) is 0 Å². The van der Waals surface area contributed by atoms with Gasteiger partial charge in [-0.2, -0.15) is 0 Å². The Hall–Kier alpha value is -2.10. The topological polar surface area (TPSA) is 52.6 Å². The van der Waals surface area contributed by atoms with Gasteiger partial charge in [0.15, 0.2) is 0 Å². The molecule has 1 aromatic carbocycles. The molecule has 4 heteroatoms. The number of benzene rings is 1. The highest BCUT2D eigenvalue weighted by atomic mass is 16.5. The van der Waals surface area contributed by atoms with E-state index in [2.05, 4.69) is 0 Å². The third kappa shape index (κ3) is 4.53. The lowest BCUT2D eigenvalue weighted by molar-refractivity contribution is -0.145. The van der Waals surface area contributed by atoms with Crippen LogP contribution in [0.15, 0.2) is 42.0 Å². The molecule has 1 atom stereocenters. The van der Waals surface area contributed by atoms with Crippen LogP contribution in [0, 0.1) is 5.92 Å². The van der Waals surface area contributed by atoms with Crippen LogP contribution >= 0.6 is 0 Å². The van der Waals surface area contributed by atoms with Crippen molar-refractivity contribution >= 4 is 11.9 Å². The van der Waals surface area contributed by atoms with Crippen molar-refractivity contribution in [1.29, 1.82) is 0 Å². The Morgan fingerprint density at radius 2 is 1.80 bits per heavy atom. The Morgan fingerprint density at radius 3 is 2.30 bits per heavy atom. The number of carbonyl (C=O) groups is 2. The predicted octanol–water partition coefficient (Wildman–Crippen LogP) is 2.53. The van der Waals surface area contributed by atoms with Crippen molar-refractivity contribution in [3.63, 3.8) is 0 Å². The molecule has 1 aromatic rings. The summed E-state index contributed by atoms with van der Waals surface area (Å²) in [5.41, 5.74) is 1.52. The summed E-state index contributed by atoms with van der Waals surface area (Å²) in [6.07, 6.45) is 2.51. The Morgan fingerprint density at radius 1 is 1.15 bits per heavy atom. The SMILES string of the molecule is C/C=C(/C[C@H](Cc1ccccc1)C(=O)OC)C(=O)OC. The second kappa shape index (κ2) is 8.15. The van der Waals surface area contributed by atoms with E-state index in [1.54, 1.807) is 13.0 Å². The summed E-state index contributed by atoms with van der Waals surface area (Å²) in [5, 5.41) is 0. The highest BCUT2D eigenvalue weighted by molar-refractivity contribution is 5.89. The van der Waals surface area contributed by atoms with Gasteiger partial charge < -0.3 is 9.47 Å². The average molecular weight is 276 g/mol. The molecule has 0 unspecified atom stereocenters. The van der Waals surface area contributed by atoms with Crippen molar-refractivity contribution < 1.29 is 19.1 Å². The molecule has 0 fully saturated rings. The summed E-state index contributed by atoms with van der Waals surface area (Å²) < 4.78 is 9.53. The van der Waals surface area contributed by atoms with E-state index < -0.39 is 11.9 Å². The maximum Gasteiger partial charge on any atom is 0.333 e. The molecule has 0 N–H and O–H groups in total. The van der Waals surface area contributed by atoms with Gasteiger partial charge in [0.2, 0.25) is 0 Å². The summed E-state index contributed by atoms with van der Waals surface area (Å²) in [5.74, 6) is -1.13. The first-order valence-electron chi connectivity index (χ1n) is 6.47. The molecule has 4 nitrogen and oxygen atoms in total. The third-order valence-electron chi connectivity index (χ3n) is 3.12. The van der Waals surface area contributed by atoms with Gasteiger partial charge in [-0.15, -0.1) is 0 Å². The van der Waals surface area contributed by atoms with E-state index in [9.17, 15) is 9.59 Å². The molecule has 0 aliphatic carbocycles. The van der Waals surface area contributed by atoms with Crippen LogP contribution in [0.3, 0.4) is 0 Å². The Bertz CT molecular complexity index is 477. The number of esters is 2. The van der Waals surface area contributed by atoms with E-state index in [-0.39, 0.29) is 5.97 Å². The molecule has 0 spiro atoms. The van der Waals surface area contributed by atoms with Crippen LogP contribution in [0.5, 0.6) is 0 Å². The van der Waals surface area contributed by atoms with Gasteiger partial charge in [-0.1, -0.05) is 36.4 Å². The molecule has 0 saturated heterocycles. The van der Waals surface area contributed by atoms with Crippen LogP contribution in [0.1, 0.15) is 18.9 Å². The predicted molar refractivity (Wildman–Crippen MR) is 76.0 cm³/mol. The molecule has 0 heterocycles. The number of ether oxygens (including phenoxy) is 2. The molecule has 0 saturated carbocycles. The van der Waals surface area contributed by atoms with Crippen molar-refractivity contribution in [1.82, 2.24) is 0 Å². The van der Waals surface area contributed by atoms with Crippen molar-refractivity contribution in [2.75, 3.05) is 14.2 Å². The number of carbonyl (C=O) groups excluding carboxylic acids is 2. The minimum absolute atomic E-state index is 0.310. The van der Waals surface area contributed by atoms with Crippen molar-refractivity contribution in [3.05, 3.63) is 47.5 Å². The summed E-state index contributed by atoms with van der Waals surface area (Å²) in [7, 11) is 2.68. The highest BCUT2D eigenvalue weighted by Gasteiger charge is 2.23.